The summed E-state index contributed by atoms with van der Waals surface area (Å²) in [6, 6.07) is 5.13. The molecule has 19 heavy (non-hydrogen) atoms. The Morgan fingerprint density at radius 1 is 1.37 bits per heavy atom. The summed E-state index contributed by atoms with van der Waals surface area (Å²) >= 11 is 1.36. The molecule has 0 atom stereocenters. The largest absolute Gasteiger partial charge is 0.514 e. The molecule has 0 aliphatic carbocycles. The molecule has 0 spiro atoms. The molecule has 0 N–H and O–H groups in total. The van der Waals surface area contributed by atoms with Crippen LogP contribution in [0.2, 0.25) is 0 Å². The summed E-state index contributed by atoms with van der Waals surface area (Å²) in [6.45, 7) is 0.0798. The van der Waals surface area contributed by atoms with E-state index in [0.717, 1.165) is 4.88 Å². The molecule has 0 bridgehead atoms. The van der Waals surface area contributed by atoms with Crippen molar-refractivity contribution in [1.29, 1.82) is 0 Å². The fraction of sp³-hybridized carbons (Fsp3) is 0.0909. The molecule has 2 aromatic rings. The average molecular weight is 283 g/mol. The first-order valence-electron chi connectivity index (χ1n) is 5.11. The van der Waals surface area contributed by atoms with Crippen molar-refractivity contribution >= 4 is 23.2 Å². The number of hydrogen-bond donors (Lipinski definition) is 0. The molecule has 98 valence electrons. The molecular weight excluding hydrogens is 275 g/mol. The normalized spacial score (nSPS) is 9.89. The van der Waals surface area contributed by atoms with Crippen LogP contribution in [0.1, 0.15) is 4.88 Å². The fourth-order valence-electron chi connectivity index (χ4n) is 1.21. The molecule has 1 aromatic carbocycles. The van der Waals surface area contributed by atoms with Crippen molar-refractivity contribution in [3.05, 3.63) is 51.0 Å². The van der Waals surface area contributed by atoms with Crippen molar-refractivity contribution in [2.45, 2.75) is 6.61 Å². The zero-order valence-electron chi connectivity index (χ0n) is 9.52. The van der Waals surface area contributed by atoms with E-state index in [0.29, 0.717) is 0 Å². The van der Waals surface area contributed by atoms with Crippen LogP contribution in [0.5, 0.6) is 5.75 Å². The minimum Gasteiger partial charge on any atom is -0.428 e. The van der Waals surface area contributed by atoms with Crippen LogP contribution >= 0.6 is 11.3 Å². The zero-order valence-corrected chi connectivity index (χ0v) is 10.3. The number of carbonyl (C=O) groups excluding carboxylic acids is 1. The van der Waals surface area contributed by atoms with Crippen LogP contribution in [0.15, 0.2) is 36.0 Å². The highest BCUT2D eigenvalue weighted by molar-refractivity contribution is 7.09. The number of rotatable bonds is 4. The van der Waals surface area contributed by atoms with Gasteiger partial charge in [0.25, 0.3) is 5.69 Å². The summed E-state index contributed by atoms with van der Waals surface area (Å²) in [7, 11) is 0. The van der Waals surface area contributed by atoms with Crippen LogP contribution in [0.3, 0.4) is 0 Å². The summed E-state index contributed by atoms with van der Waals surface area (Å²) in [6.07, 6.45) is 0.714. The predicted molar refractivity (Wildman–Crippen MR) is 66.0 cm³/mol. The Morgan fingerprint density at radius 2 is 2.11 bits per heavy atom. The van der Waals surface area contributed by atoms with Crippen molar-refractivity contribution in [3.63, 3.8) is 0 Å². The van der Waals surface area contributed by atoms with Crippen LogP contribution in [0.4, 0.5) is 10.5 Å². The lowest BCUT2D eigenvalue weighted by molar-refractivity contribution is -0.384. The first kappa shape index (κ1) is 13.0. The van der Waals surface area contributed by atoms with Crippen molar-refractivity contribution in [2.24, 2.45) is 0 Å². The molecular formula is C11H8N2O5S. The number of hydrogen-bond acceptors (Lipinski definition) is 7. The summed E-state index contributed by atoms with van der Waals surface area (Å²) in [4.78, 5) is 25.9. The third-order valence-electron chi connectivity index (χ3n) is 2.06. The molecule has 2 rings (SSSR count). The van der Waals surface area contributed by atoms with Gasteiger partial charge in [0.05, 0.1) is 15.3 Å². The quantitative estimate of drug-likeness (QED) is 0.282. The molecule has 0 saturated carbocycles. The number of nitro benzene ring substituents is 1. The van der Waals surface area contributed by atoms with Gasteiger partial charge in [0.1, 0.15) is 12.4 Å². The Labute approximate surface area is 111 Å². The van der Waals surface area contributed by atoms with E-state index in [1.807, 2.05) is 0 Å². The van der Waals surface area contributed by atoms with Gasteiger partial charge in [0.15, 0.2) is 0 Å². The predicted octanol–water partition coefficient (Wildman–Crippen LogP) is 2.77. The Balaban J connectivity index is 1.86. The van der Waals surface area contributed by atoms with Gasteiger partial charge in [-0.1, -0.05) is 0 Å². The molecule has 1 heterocycles. The molecule has 0 unspecified atom stereocenters. The minimum absolute atomic E-state index is 0.0784. The molecule has 0 saturated heterocycles. The lowest BCUT2D eigenvalue weighted by Gasteiger charge is -2.04. The maximum absolute atomic E-state index is 11.3. The van der Waals surface area contributed by atoms with E-state index >= 15 is 0 Å². The van der Waals surface area contributed by atoms with Gasteiger partial charge in [0.2, 0.25) is 0 Å². The highest BCUT2D eigenvalue weighted by atomic mass is 32.1. The molecule has 7 nitrogen and oxygen atoms in total. The second-order valence-corrected chi connectivity index (χ2v) is 4.33. The molecule has 8 heteroatoms. The topological polar surface area (TPSA) is 91.6 Å². The highest BCUT2D eigenvalue weighted by Gasteiger charge is 2.09. The summed E-state index contributed by atoms with van der Waals surface area (Å²) in [5.41, 5.74) is 1.55. The second kappa shape index (κ2) is 5.91. The minimum atomic E-state index is -0.873. The van der Waals surface area contributed by atoms with E-state index in [1.54, 1.807) is 11.7 Å². The lowest BCUT2D eigenvalue weighted by Crippen LogP contribution is -2.09. The van der Waals surface area contributed by atoms with Crippen molar-refractivity contribution in [2.75, 3.05) is 0 Å². The fourth-order valence-corrected chi connectivity index (χ4v) is 1.71. The smallest absolute Gasteiger partial charge is 0.428 e. The number of nitrogens with zero attached hydrogens (tertiary/aromatic N) is 2. The van der Waals surface area contributed by atoms with E-state index in [1.165, 1.54) is 35.6 Å². The Kier molecular flexibility index (Phi) is 4.04. The molecule has 0 fully saturated rings. The van der Waals surface area contributed by atoms with Crippen LogP contribution in [-0.4, -0.2) is 16.1 Å². The average Bonchev–Trinajstić information content (AvgIpc) is 2.90. The van der Waals surface area contributed by atoms with Crippen molar-refractivity contribution in [3.8, 4) is 5.75 Å². The first-order chi connectivity index (χ1) is 9.15. The second-order valence-electron chi connectivity index (χ2n) is 3.36. The number of nitro groups is 1. The van der Waals surface area contributed by atoms with E-state index in [9.17, 15) is 14.9 Å². The van der Waals surface area contributed by atoms with Gasteiger partial charge >= 0.3 is 6.16 Å². The van der Waals surface area contributed by atoms with Crippen LogP contribution < -0.4 is 4.74 Å². The maximum atomic E-state index is 11.3. The number of carbonyl (C=O) groups is 1. The third-order valence-corrected chi connectivity index (χ3v) is 2.82. The first-order valence-corrected chi connectivity index (χ1v) is 5.99. The molecule has 0 radical (unpaired) electrons. The van der Waals surface area contributed by atoms with Gasteiger partial charge in [-0.05, 0) is 12.1 Å². The standard InChI is InChI=1S/C11H8N2O5S/c14-11(17-6-10-5-12-7-19-10)18-9-3-1-8(2-4-9)13(15)16/h1-5,7H,6H2/i5+1,6+1,10+1. The number of non-ortho nitro benzene ring substituents is 1. The SMILES string of the molecule is O=C(O[13CH2][13c]1[13cH]ncs1)Oc1ccc([N+](=O)[O-])cc1. The van der Waals surface area contributed by atoms with Gasteiger partial charge in [-0.2, -0.15) is 0 Å². The summed E-state index contributed by atoms with van der Waals surface area (Å²) < 4.78 is 9.69. The Bertz CT molecular complexity index is 567. The zero-order chi connectivity index (χ0) is 13.7. The van der Waals surface area contributed by atoms with E-state index in [4.69, 9.17) is 9.47 Å². The molecule has 1 aromatic heterocycles. The lowest BCUT2D eigenvalue weighted by atomic mass is 10.3. The van der Waals surface area contributed by atoms with Crippen LogP contribution in [-0.2, 0) is 11.3 Å². The summed E-state index contributed by atoms with van der Waals surface area (Å²) in [5, 5.41) is 10.4. The number of aromatic nitrogens is 1. The Morgan fingerprint density at radius 3 is 2.68 bits per heavy atom. The Hall–Kier alpha value is -2.48. The van der Waals surface area contributed by atoms with Crippen molar-refractivity contribution in [1.82, 2.24) is 4.98 Å². The van der Waals surface area contributed by atoms with Gasteiger partial charge in [-0.15, -0.1) is 11.3 Å². The monoisotopic (exact) mass is 283 g/mol. The third kappa shape index (κ3) is 3.75. The van der Waals surface area contributed by atoms with Gasteiger partial charge < -0.3 is 9.47 Å². The van der Waals surface area contributed by atoms with E-state index in [2.05, 4.69) is 4.98 Å². The van der Waals surface area contributed by atoms with Gasteiger partial charge in [-0.3, -0.25) is 15.1 Å². The molecule has 0 aliphatic rings. The van der Waals surface area contributed by atoms with Crippen LogP contribution in [0, 0.1) is 10.1 Å². The maximum Gasteiger partial charge on any atom is 0.514 e. The van der Waals surface area contributed by atoms with Gasteiger partial charge in [0, 0.05) is 18.3 Å². The van der Waals surface area contributed by atoms with E-state index < -0.39 is 11.1 Å². The summed E-state index contributed by atoms with van der Waals surface area (Å²) in [5.74, 6) is 0.180. The van der Waals surface area contributed by atoms with E-state index in [-0.39, 0.29) is 18.0 Å². The highest BCUT2D eigenvalue weighted by Crippen LogP contribution is 2.18. The van der Waals surface area contributed by atoms with Crippen LogP contribution in [0.25, 0.3) is 0 Å². The van der Waals surface area contributed by atoms with Gasteiger partial charge in [-0.25, -0.2) is 4.79 Å². The number of ether oxygens (including phenoxy) is 2. The molecule has 0 amide bonds. The number of thiazole rings is 1. The number of benzene rings is 1. The van der Waals surface area contributed by atoms with Crippen molar-refractivity contribution < 1.29 is 19.2 Å². The molecule has 0 aliphatic heterocycles.